The van der Waals surface area contributed by atoms with Crippen LogP contribution in [0, 0.1) is 6.92 Å². The summed E-state index contributed by atoms with van der Waals surface area (Å²) in [7, 11) is 1.52. The number of methoxy groups -OCH3 is 1. The van der Waals surface area contributed by atoms with Crippen LogP contribution < -0.4 is 20.1 Å². The van der Waals surface area contributed by atoms with Gasteiger partial charge in [-0.05, 0) is 43.3 Å². The van der Waals surface area contributed by atoms with E-state index in [1.54, 1.807) is 48.5 Å². The number of rotatable bonds is 7. The Balaban J connectivity index is 1.61. The minimum atomic E-state index is -0.287. The van der Waals surface area contributed by atoms with Gasteiger partial charge in [0.2, 0.25) is 0 Å². The monoisotopic (exact) mass is 390 g/mol. The van der Waals surface area contributed by atoms with Gasteiger partial charge in [-0.3, -0.25) is 9.59 Å². The SMILES string of the molecule is COc1ccc(C)cc1C(=O)Nc1cccc(OCC(=O)Nc2ccccc2)c1. The van der Waals surface area contributed by atoms with Crippen molar-refractivity contribution >= 4 is 23.2 Å². The highest BCUT2D eigenvalue weighted by atomic mass is 16.5. The molecule has 0 aliphatic rings. The van der Waals surface area contributed by atoms with Gasteiger partial charge in [0.1, 0.15) is 11.5 Å². The van der Waals surface area contributed by atoms with E-state index in [0.29, 0.717) is 28.4 Å². The number of ether oxygens (including phenoxy) is 2. The van der Waals surface area contributed by atoms with Crippen molar-refractivity contribution in [2.24, 2.45) is 0 Å². The van der Waals surface area contributed by atoms with Crippen LogP contribution in [0.2, 0.25) is 0 Å². The van der Waals surface area contributed by atoms with E-state index >= 15 is 0 Å². The summed E-state index contributed by atoms with van der Waals surface area (Å²) in [6, 6.07) is 21.4. The van der Waals surface area contributed by atoms with E-state index in [0.717, 1.165) is 5.56 Å². The second-order valence-electron chi connectivity index (χ2n) is 6.39. The van der Waals surface area contributed by atoms with Gasteiger partial charge in [-0.25, -0.2) is 0 Å². The number of aryl methyl sites for hydroxylation is 1. The van der Waals surface area contributed by atoms with Crippen LogP contribution in [-0.4, -0.2) is 25.5 Å². The molecule has 3 rings (SSSR count). The molecule has 2 N–H and O–H groups in total. The fraction of sp³-hybridized carbons (Fsp3) is 0.130. The first-order valence-corrected chi connectivity index (χ1v) is 9.09. The fourth-order valence-corrected chi connectivity index (χ4v) is 2.73. The predicted molar refractivity (Wildman–Crippen MR) is 113 cm³/mol. The van der Waals surface area contributed by atoms with Gasteiger partial charge in [0.05, 0.1) is 12.7 Å². The molecule has 0 saturated heterocycles. The summed E-state index contributed by atoms with van der Waals surface area (Å²) in [5.74, 6) is 0.417. The van der Waals surface area contributed by atoms with Crippen molar-refractivity contribution in [1.82, 2.24) is 0 Å². The standard InChI is InChI=1S/C23H22N2O4/c1-16-11-12-21(28-2)20(13-16)23(27)25-18-9-6-10-19(14-18)29-15-22(26)24-17-7-4-3-5-8-17/h3-14H,15H2,1-2H3,(H,24,26)(H,25,27). The van der Waals surface area contributed by atoms with Gasteiger partial charge in [-0.15, -0.1) is 0 Å². The maximum atomic E-state index is 12.6. The van der Waals surface area contributed by atoms with Crippen LogP contribution in [0.1, 0.15) is 15.9 Å². The molecule has 6 nitrogen and oxygen atoms in total. The lowest BCUT2D eigenvalue weighted by Gasteiger charge is -2.12. The Bertz CT molecular complexity index is 1000. The molecule has 0 spiro atoms. The van der Waals surface area contributed by atoms with Gasteiger partial charge < -0.3 is 20.1 Å². The van der Waals surface area contributed by atoms with Crippen molar-refractivity contribution in [3.8, 4) is 11.5 Å². The van der Waals surface area contributed by atoms with E-state index in [4.69, 9.17) is 9.47 Å². The third kappa shape index (κ3) is 5.59. The normalized spacial score (nSPS) is 10.1. The molecule has 0 atom stereocenters. The number of anilines is 2. The average molecular weight is 390 g/mol. The van der Waals surface area contributed by atoms with E-state index in [2.05, 4.69) is 10.6 Å². The van der Waals surface area contributed by atoms with Crippen molar-refractivity contribution in [2.45, 2.75) is 6.92 Å². The van der Waals surface area contributed by atoms with Crippen LogP contribution in [-0.2, 0) is 4.79 Å². The van der Waals surface area contributed by atoms with Crippen LogP contribution in [0.3, 0.4) is 0 Å². The highest BCUT2D eigenvalue weighted by Crippen LogP contribution is 2.23. The molecule has 2 amide bonds. The van der Waals surface area contributed by atoms with E-state index in [1.807, 2.05) is 31.2 Å². The Morgan fingerprint density at radius 3 is 2.38 bits per heavy atom. The average Bonchev–Trinajstić information content (AvgIpc) is 2.73. The molecular weight excluding hydrogens is 368 g/mol. The Labute approximate surface area is 169 Å². The number of carbonyl (C=O) groups is 2. The van der Waals surface area contributed by atoms with Crippen molar-refractivity contribution in [3.63, 3.8) is 0 Å². The minimum absolute atomic E-state index is 0.141. The van der Waals surface area contributed by atoms with Gasteiger partial charge >= 0.3 is 0 Å². The molecule has 3 aromatic rings. The lowest BCUT2D eigenvalue weighted by atomic mass is 10.1. The first-order valence-electron chi connectivity index (χ1n) is 9.09. The quantitative estimate of drug-likeness (QED) is 0.632. The lowest BCUT2D eigenvalue weighted by Crippen LogP contribution is -2.20. The van der Waals surface area contributed by atoms with E-state index in [9.17, 15) is 9.59 Å². The zero-order valence-electron chi connectivity index (χ0n) is 16.3. The second-order valence-corrected chi connectivity index (χ2v) is 6.39. The molecule has 0 saturated carbocycles. The van der Waals surface area contributed by atoms with E-state index in [1.165, 1.54) is 7.11 Å². The molecule has 0 radical (unpaired) electrons. The summed E-state index contributed by atoms with van der Waals surface area (Å²) in [6.07, 6.45) is 0. The first kappa shape index (κ1) is 19.9. The maximum absolute atomic E-state index is 12.6. The smallest absolute Gasteiger partial charge is 0.262 e. The lowest BCUT2D eigenvalue weighted by molar-refractivity contribution is -0.118. The number of benzene rings is 3. The number of nitrogens with one attached hydrogen (secondary N) is 2. The zero-order valence-corrected chi connectivity index (χ0v) is 16.3. The molecule has 0 bridgehead atoms. The molecule has 3 aromatic carbocycles. The summed E-state index contributed by atoms with van der Waals surface area (Å²) in [5.41, 5.74) is 2.66. The minimum Gasteiger partial charge on any atom is -0.496 e. The third-order valence-electron chi connectivity index (χ3n) is 4.12. The Morgan fingerprint density at radius 1 is 0.862 bits per heavy atom. The molecule has 0 aliphatic carbocycles. The van der Waals surface area contributed by atoms with Crippen molar-refractivity contribution < 1.29 is 19.1 Å². The Kier molecular flexibility index (Phi) is 6.47. The summed E-state index contributed by atoms with van der Waals surface area (Å²) >= 11 is 0. The number of amides is 2. The second kappa shape index (κ2) is 9.41. The van der Waals surface area contributed by atoms with Gasteiger partial charge in [0.15, 0.2) is 6.61 Å². The largest absolute Gasteiger partial charge is 0.496 e. The zero-order chi connectivity index (χ0) is 20.6. The Morgan fingerprint density at radius 2 is 1.62 bits per heavy atom. The van der Waals surface area contributed by atoms with Crippen LogP contribution in [0.25, 0.3) is 0 Å². The maximum Gasteiger partial charge on any atom is 0.262 e. The van der Waals surface area contributed by atoms with Crippen LogP contribution in [0.15, 0.2) is 72.8 Å². The van der Waals surface area contributed by atoms with Gasteiger partial charge in [-0.2, -0.15) is 0 Å². The number of para-hydroxylation sites is 1. The van der Waals surface area contributed by atoms with Crippen LogP contribution in [0.5, 0.6) is 11.5 Å². The highest BCUT2D eigenvalue weighted by Gasteiger charge is 2.13. The van der Waals surface area contributed by atoms with E-state index < -0.39 is 0 Å². The molecule has 0 aromatic heterocycles. The topological polar surface area (TPSA) is 76.7 Å². The molecule has 29 heavy (non-hydrogen) atoms. The number of hydrogen-bond acceptors (Lipinski definition) is 4. The summed E-state index contributed by atoms with van der Waals surface area (Å²) in [4.78, 5) is 24.6. The molecule has 148 valence electrons. The van der Waals surface area contributed by atoms with Gasteiger partial charge in [-0.1, -0.05) is 35.9 Å². The third-order valence-corrected chi connectivity index (χ3v) is 4.12. The van der Waals surface area contributed by atoms with Gasteiger partial charge in [0, 0.05) is 17.4 Å². The summed E-state index contributed by atoms with van der Waals surface area (Å²) in [6.45, 7) is 1.77. The molecular formula is C23H22N2O4. The molecule has 0 fully saturated rings. The van der Waals surface area contributed by atoms with Gasteiger partial charge in [0.25, 0.3) is 11.8 Å². The highest BCUT2D eigenvalue weighted by molar-refractivity contribution is 6.06. The van der Waals surface area contributed by atoms with Crippen LogP contribution >= 0.6 is 0 Å². The predicted octanol–water partition coefficient (Wildman–Crippen LogP) is 4.27. The Hall–Kier alpha value is -3.80. The molecule has 0 aliphatic heterocycles. The van der Waals surface area contributed by atoms with Crippen molar-refractivity contribution in [3.05, 3.63) is 83.9 Å². The summed E-state index contributed by atoms with van der Waals surface area (Å²) in [5, 5.41) is 5.58. The summed E-state index contributed by atoms with van der Waals surface area (Å²) < 4.78 is 10.8. The number of carbonyl (C=O) groups excluding carboxylic acids is 2. The molecule has 6 heteroatoms. The van der Waals surface area contributed by atoms with Crippen molar-refractivity contribution in [1.29, 1.82) is 0 Å². The van der Waals surface area contributed by atoms with E-state index in [-0.39, 0.29) is 18.4 Å². The van der Waals surface area contributed by atoms with Crippen molar-refractivity contribution in [2.75, 3.05) is 24.4 Å². The van der Waals surface area contributed by atoms with Crippen LogP contribution in [0.4, 0.5) is 11.4 Å². The molecule has 0 heterocycles. The fourth-order valence-electron chi connectivity index (χ4n) is 2.73. The molecule has 0 unspecified atom stereocenters. The first-order chi connectivity index (χ1) is 14.0. The number of hydrogen-bond donors (Lipinski definition) is 2.